The zero-order valence-corrected chi connectivity index (χ0v) is 5.78. The fraction of sp³-hybridized carbons (Fsp3) is 0.286. The third-order valence-corrected chi connectivity index (χ3v) is 0.691. The Morgan fingerprint density at radius 3 is 2.80 bits per heavy atom. The van der Waals surface area contributed by atoms with Crippen LogP contribution in [0, 0.1) is 0 Å². The van der Waals surface area contributed by atoms with Crippen molar-refractivity contribution in [3.8, 4) is 0 Å². The topological polar surface area (TPSA) is 46.5 Å². The number of carboxylic acid groups (broad SMARTS) is 1. The first-order valence-corrected chi connectivity index (χ1v) is 2.95. The van der Waals surface area contributed by atoms with Crippen molar-refractivity contribution in [3.05, 3.63) is 24.5 Å². The van der Waals surface area contributed by atoms with Gasteiger partial charge in [0, 0.05) is 6.08 Å². The van der Waals surface area contributed by atoms with Crippen molar-refractivity contribution in [3.63, 3.8) is 0 Å². The van der Waals surface area contributed by atoms with E-state index < -0.39 is 5.97 Å². The molecule has 0 aliphatic heterocycles. The minimum atomic E-state index is -0.957. The Labute approximate surface area is 59.6 Å². The molecule has 3 heteroatoms. The number of carbonyl (C=O) groups is 1. The van der Waals surface area contributed by atoms with Crippen molar-refractivity contribution in [2.24, 2.45) is 0 Å². The van der Waals surface area contributed by atoms with E-state index in [2.05, 4.69) is 0 Å². The van der Waals surface area contributed by atoms with E-state index in [0.717, 1.165) is 6.08 Å². The molecule has 0 saturated heterocycles. The van der Waals surface area contributed by atoms with E-state index in [1.54, 1.807) is 0 Å². The van der Waals surface area contributed by atoms with E-state index in [4.69, 9.17) is 9.84 Å². The highest BCUT2D eigenvalue weighted by atomic mass is 16.5. The van der Waals surface area contributed by atoms with Gasteiger partial charge in [-0.25, -0.2) is 4.79 Å². The van der Waals surface area contributed by atoms with Gasteiger partial charge < -0.3 is 9.84 Å². The summed E-state index contributed by atoms with van der Waals surface area (Å²) in [6.07, 6.45) is 5.41. The van der Waals surface area contributed by atoms with E-state index in [1.807, 2.05) is 6.92 Å². The first-order chi connectivity index (χ1) is 4.77. The maximum Gasteiger partial charge on any atom is 0.328 e. The van der Waals surface area contributed by atoms with Crippen LogP contribution in [0.1, 0.15) is 6.92 Å². The van der Waals surface area contributed by atoms with Gasteiger partial charge in [-0.3, -0.25) is 0 Å². The molecule has 0 aromatic heterocycles. The number of hydrogen-bond donors (Lipinski definition) is 1. The van der Waals surface area contributed by atoms with Gasteiger partial charge in [0.1, 0.15) is 0 Å². The highest BCUT2D eigenvalue weighted by Crippen LogP contribution is 1.79. The van der Waals surface area contributed by atoms with Gasteiger partial charge in [-0.2, -0.15) is 0 Å². The third-order valence-electron chi connectivity index (χ3n) is 0.691. The lowest BCUT2D eigenvalue weighted by Crippen LogP contribution is -1.84. The first kappa shape index (κ1) is 8.75. The van der Waals surface area contributed by atoms with E-state index >= 15 is 0 Å². The predicted molar refractivity (Wildman–Crippen MR) is 37.5 cm³/mol. The molecular weight excluding hydrogens is 132 g/mol. The molecule has 0 rings (SSSR count). The Morgan fingerprint density at radius 2 is 2.30 bits per heavy atom. The summed E-state index contributed by atoms with van der Waals surface area (Å²) < 4.78 is 4.79. The van der Waals surface area contributed by atoms with Crippen molar-refractivity contribution >= 4 is 5.97 Å². The number of allylic oxidation sites excluding steroid dienone is 2. The van der Waals surface area contributed by atoms with Gasteiger partial charge in [-0.05, 0) is 13.0 Å². The minimum absolute atomic E-state index is 0.595. The monoisotopic (exact) mass is 142 g/mol. The molecule has 10 heavy (non-hydrogen) atoms. The second-order valence-corrected chi connectivity index (χ2v) is 1.48. The average Bonchev–Trinajstić information content (AvgIpc) is 1.87. The Kier molecular flexibility index (Phi) is 5.14. The van der Waals surface area contributed by atoms with Crippen LogP contribution in [0.25, 0.3) is 0 Å². The lowest BCUT2D eigenvalue weighted by molar-refractivity contribution is -0.131. The highest BCUT2D eigenvalue weighted by Gasteiger charge is 1.79. The van der Waals surface area contributed by atoms with Crippen LogP contribution in [-0.4, -0.2) is 17.7 Å². The SMILES string of the molecule is CCOC=CC=CC(=O)O. The van der Waals surface area contributed by atoms with E-state index in [0.29, 0.717) is 6.61 Å². The summed E-state index contributed by atoms with van der Waals surface area (Å²) in [5, 5.41) is 8.11. The van der Waals surface area contributed by atoms with Crippen LogP contribution >= 0.6 is 0 Å². The smallest absolute Gasteiger partial charge is 0.328 e. The largest absolute Gasteiger partial charge is 0.501 e. The van der Waals surface area contributed by atoms with E-state index in [-0.39, 0.29) is 0 Å². The van der Waals surface area contributed by atoms with Crippen LogP contribution in [0.4, 0.5) is 0 Å². The van der Waals surface area contributed by atoms with Crippen LogP contribution in [-0.2, 0) is 9.53 Å². The molecule has 3 nitrogen and oxygen atoms in total. The van der Waals surface area contributed by atoms with Gasteiger partial charge in [-0.1, -0.05) is 6.08 Å². The molecule has 1 N–H and O–H groups in total. The molecule has 0 aliphatic carbocycles. The number of rotatable bonds is 4. The second-order valence-electron chi connectivity index (χ2n) is 1.48. The van der Waals surface area contributed by atoms with Crippen molar-refractivity contribution in [1.29, 1.82) is 0 Å². The predicted octanol–water partition coefficient (Wildman–Crippen LogP) is 1.18. The maximum atomic E-state index is 9.87. The van der Waals surface area contributed by atoms with E-state index in [1.165, 1.54) is 18.4 Å². The molecule has 0 saturated carbocycles. The van der Waals surface area contributed by atoms with Gasteiger partial charge in [0.05, 0.1) is 12.9 Å². The molecular formula is C7H10O3. The summed E-state index contributed by atoms with van der Waals surface area (Å²) in [6.45, 7) is 2.45. The Morgan fingerprint density at radius 1 is 1.60 bits per heavy atom. The van der Waals surface area contributed by atoms with Gasteiger partial charge in [0.2, 0.25) is 0 Å². The molecule has 56 valence electrons. The third kappa shape index (κ3) is 6.75. The van der Waals surface area contributed by atoms with Gasteiger partial charge >= 0.3 is 5.97 Å². The van der Waals surface area contributed by atoms with Crippen LogP contribution in [0.5, 0.6) is 0 Å². The minimum Gasteiger partial charge on any atom is -0.501 e. The highest BCUT2D eigenvalue weighted by molar-refractivity contribution is 5.80. The molecule has 0 aromatic carbocycles. The molecule has 0 aromatic rings. The number of carboxylic acids is 1. The number of aliphatic carboxylic acids is 1. The van der Waals surface area contributed by atoms with Gasteiger partial charge in [-0.15, -0.1) is 0 Å². The lowest BCUT2D eigenvalue weighted by atomic mass is 10.5. The van der Waals surface area contributed by atoms with Crippen molar-refractivity contribution in [2.45, 2.75) is 6.92 Å². The molecule has 0 unspecified atom stereocenters. The molecule has 0 heterocycles. The summed E-state index contributed by atoms with van der Waals surface area (Å²) in [4.78, 5) is 9.87. The molecule has 0 fully saturated rings. The Balaban J connectivity index is 3.42. The van der Waals surface area contributed by atoms with Crippen molar-refractivity contribution in [2.75, 3.05) is 6.61 Å². The molecule has 0 atom stereocenters. The van der Waals surface area contributed by atoms with Crippen LogP contribution in [0.2, 0.25) is 0 Å². The molecule has 0 bridgehead atoms. The molecule has 0 radical (unpaired) electrons. The fourth-order valence-electron chi connectivity index (χ4n) is 0.335. The molecule has 0 spiro atoms. The molecule has 0 aliphatic rings. The quantitative estimate of drug-likeness (QED) is 0.364. The normalized spacial score (nSPS) is 10.9. The van der Waals surface area contributed by atoms with E-state index in [9.17, 15) is 4.79 Å². The van der Waals surface area contributed by atoms with Crippen LogP contribution in [0.15, 0.2) is 24.5 Å². The summed E-state index contributed by atoms with van der Waals surface area (Å²) >= 11 is 0. The zero-order valence-electron chi connectivity index (χ0n) is 5.78. The summed E-state index contributed by atoms with van der Waals surface area (Å²) in [7, 11) is 0. The van der Waals surface area contributed by atoms with Crippen molar-refractivity contribution in [1.82, 2.24) is 0 Å². The number of ether oxygens (including phenoxy) is 1. The van der Waals surface area contributed by atoms with Crippen LogP contribution in [0.3, 0.4) is 0 Å². The fourth-order valence-corrected chi connectivity index (χ4v) is 0.335. The summed E-state index contributed by atoms with van der Waals surface area (Å²) in [5.74, 6) is -0.957. The second kappa shape index (κ2) is 5.88. The zero-order chi connectivity index (χ0) is 7.82. The summed E-state index contributed by atoms with van der Waals surface area (Å²) in [6, 6.07) is 0. The van der Waals surface area contributed by atoms with Gasteiger partial charge in [0.15, 0.2) is 0 Å². The standard InChI is InChI=1S/C7H10O3/c1-2-10-6-4-3-5-7(8)9/h3-6H,2H2,1H3,(H,8,9). The lowest BCUT2D eigenvalue weighted by Gasteiger charge is -1.87. The number of hydrogen-bond acceptors (Lipinski definition) is 2. The first-order valence-electron chi connectivity index (χ1n) is 2.95. The average molecular weight is 142 g/mol. The molecule has 0 amide bonds. The maximum absolute atomic E-state index is 9.87. The van der Waals surface area contributed by atoms with Gasteiger partial charge in [0.25, 0.3) is 0 Å². The Hall–Kier alpha value is -1.25. The Bertz CT molecular complexity index is 147. The van der Waals surface area contributed by atoms with Crippen LogP contribution < -0.4 is 0 Å². The summed E-state index contributed by atoms with van der Waals surface area (Å²) in [5.41, 5.74) is 0. The van der Waals surface area contributed by atoms with Crippen molar-refractivity contribution < 1.29 is 14.6 Å².